The van der Waals surface area contributed by atoms with Gasteiger partial charge in [-0.1, -0.05) is 24.9 Å². The zero-order valence-electron chi connectivity index (χ0n) is 6.12. The summed E-state index contributed by atoms with van der Waals surface area (Å²) < 4.78 is 40.0. The fourth-order valence-electron chi connectivity index (χ4n) is 0.416. The molecule has 0 aromatic heterocycles. The number of halogens is 4. The van der Waals surface area contributed by atoms with Crippen LogP contribution in [0.3, 0.4) is 0 Å². The van der Waals surface area contributed by atoms with E-state index in [9.17, 15) is 13.2 Å². The molecule has 0 fully saturated rings. The van der Waals surface area contributed by atoms with Crippen LogP contribution in [-0.4, -0.2) is 18.3 Å². The Morgan fingerprint density at radius 2 is 2.09 bits per heavy atom. The first-order valence-electron chi connectivity index (χ1n) is 3.30. The van der Waals surface area contributed by atoms with Gasteiger partial charge in [-0.3, -0.25) is 0 Å². The molecule has 5 heteroatoms. The van der Waals surface area contributed by atoms with Crippen LogP contribution in [-0.2, 0) is 4.74 Å². The molecule has 0 aromatic rings. The second-order valence-electron chi connectivity index (χ2n) is 2.06. The lowest BCUT2D eigenvalue weighted by Crippen LogP contribution is -2.29. The average Bonchev–Trinajstić information content (AvgIpc) is 1.88. The molecule has 11 heavy (non-hydrogen) atoms. The van der Waals surface area contributed by atoms with Gasteiger partial charge in [-0.2, -0.15) is 8.78 Å². The molecule has 0 aliphatic rings. The summed E-state index contributed by atoms with van der Waals surface area (Å²) >= 11 is 4.51. The Hall–Kier alpha value is 0.0400. The number of unbranched alkanes of at least 4 members (excludes halogenated alkanes) is 1. The van der Waals surface area contributed by atoms with Crippen LogP contribution in [0.2, 0.25) is 0 Å². The summed E-state index contributed by atoms with van der Waals surface area (Å²) in [7, 11) is 0. The fraction of sp³-hybridized carbons (Fsp3) is 1.00. The fourth-order valence-corrected chi connectivity index (χ4v) is 0.479. The minimum Gasteiger partial charge on any atom is -0.317 e. The molecule has 0 rings (SSSR count). The van der Waals surface area contributed by atoms with Crippen molar-refractivity contribution in [3.05, 3.63) is 0 Å². The third-order valence-electron chi connectivity index (χ3n) is 1.05. The van der Waals surface area contributed by atoms with Crippen LogP contribution in [0.1, 0.15) is 19.8 Å². The molecular formula is C6H10ClF3O. The summed E-state index contributed by atoms with van der Waals surface area (Å²) in [5, 5.41) is 0. The highest BCUT2D eigenvalue weighted by atomic mass is 35.5. The quantitative estimate of drug-likeness (QED) is 0.479. The molecule has 0 unspecified atom stereocenters. The lowest BCUT2D eigenvalue weighted by molar-refractivity contribution is -0.256. The van der Waals surface area contributed by atoms with Crippen LogP contribution in [0.25, 0.3) is 0 Å². The Morgan fingerprint density at radius 1 is 1.55 bits per heavy atom. The maximum atomic E-state index is 12.1. The van der Waals surface area contributed by atoms with E-state index in [0.29, 0.717) is 6.42 Å². The first-order valence-corrected chi connectivity index (χ1v) is 3.74. The van der Waals surface area contributed by atoms with E-state index in [0.717, 1.165) is 6.42 Å². The number of hydrogen-bond donors (Lipinski definition) is 0. The summed E-state index contributed by atoms with van der Waals surface area (Å²) in [6, 6.07) is 0. The number of hydrogen-bond acceptors (Lipinski definition) is 1. The summed E-state index contributed by atoms with van der Waals surface area (Å²) in [6.07, 6.45) is -2.66. The molecule has 0 saturated heterocycles. The van der Waals surface area contributed by atoms with E-state index in [4.69, 9.17) is 0 Å². The maximum Gasteiger partial charge on any atom is 0.400 e. The van der Waals surface area contributed by atoms with Crippen LogP contribution in [0.5, 0.6) is 0 Å². The van der Waals surface area contributed by atoms with Crippen molar-refractivity contribution in [2.45, 2.75) is 31.5 Å². The van der Waals surface area contributed by atoms with Crippen molar-refractivity contribution < 1.29 is 17.9 Å². The van der Waals surface area contributed by atoms with Crippen LogP contribution in [0.15, 0.2) is 0 Å². The molecular weight excluding hydrogens is 181 g/mol. The second-order valence-corrected chi connectivity index (χ2v) is 2.45. The number of rotatable bonds is 5. The van der Waals surface area contributed by atoms with Crippen LogP contribution >= 0.6 is 11.6 Å². The molecule has 68 valence electrons. The van der Waals surface area contributed by atoms with Crippen molar-refractivity contribution in [1.29, 1.82) is 0 Å². The van der Waals surface area contributed by atoms with E-state index in [1.165, 1.54) is 0 Å². The van der Waals surface area contributed by atoms with E-state index in [1.54, 1.807) is 0 Å². The number of alkyl halides is 4. The van der Waals surface area contributed by atoms with Crippen molar-refractivity contribution in [1.82, 2.24) is 0 Å². The molecule has 0 heterocycles. The molecule has 0 saturated carbocycles. The van der Waals surface area contributed by atoms with Crippen molar-refractivity contribution in [3.63, 3.8) is 0 Å². The van der Waals surface area contributed by atoms with Crippen molar-refractivity contribution in [3.8, 4) is 0 Å². The van der Waals surface area contributed by atoms with Gasteiger partial charge in [0.1, 0.15) is 0 Å². The van der Waals surface area contributed by atoms with Gasteiger partial charge in [-0.25, -0.2) is 4.39 Å². The average molecular weight is 191 g/mol. The zero-order valence-corrected chi connectivity index (χ0v) is 6.87. The SMILES string of the molecule is CCCCOC(F)(F)[C@@H](F)Cl. The molecule has 1 atom stereocenters. The summed E-state index contributed by atoms with van der Waals surface area (Å²) in [6.45, 7) is 1.64. The molecule has 0 radical (unpaired) electrons. The minimum atomic E-state index is -3.85. The second kappa shape index (κ2) is 4.83. The lowest BCUT2D eigenvalue weighted by Gasteiger charge is -2.15. The molecule has 0 aliphatic carbocycles. The first kappa shape index (κ1) is 11.0. The molecule has 1 nitrogen and oxygen atoms in total. The van der Waals surface area contributed by atoms with Crippen LogP contribution in [0.4, 0.5) is 13.2 Å². The molecule has 0 aliphatic heterocycles. The van der Waals surface area contributed by atoms with Gasteiger partial charge in [-0.05, 0) is 6.42 Å². The molecule has 0 spiro atoms. The Morgan fingerprint density at radius 3 is 2.45 bits per heavy atom. The normalized spacial score (nSPS) is 15.0. The summed E-state index contributed by atoms with van der Waals surface area (Å²) in [5.74, 6) is 0. The van der Waals surface area contributed by atoms with Gasteiger partial charge in [0.15, 0.2) is 0 Å². The number of ether oxygens (including phenoxy) is 1. The zero-order chi connectivity index (χ0) is 8.91. The standard InChI is InChI=1S/C6H10ClF3O/c1-2-3-4-11-6(9,10)5(7)8/h5H,2-4H2,1H3/t5-/m1/s1. The van der Waals surface area contributed by atoms with E-state index < -0.39 is 11.7 Å². The third kappa shape index (κ3) is 4.48. The van der Waals surface area contributed by atoms with Gasteiger partial charge in [0.05, 0.1) is 6.61 Å². The topological polar surface area (TPSA) is 9.23 Å². The van der Waals surface area contributed by atoms with Crippen molar-refractivity contribution in [2.24, 2.45) is 0 Å². The Balaban J connectivity index is 3.55. The Kier molecular flexibility index (Phi) is 4.84. The largest absolute Gasteiger partial charge is 0.400 e. The highest BCUT2D eigenvalue weighted by Crippen LogP contribution is 2.25. The summed E-state index contributed by atoms with van der Waals surface area (Å²) in [4.78, 5) is 0. The predicted molar refractivity (Wildman–Crippen MR) is 36.6 cm³/mol. The van der Waals surface area contributed by atoms with Crippen molar-refractivity contribution in [2.75, 3.05) is 6.61 Å². The van der Waals surface area contributed by atoms with E-state index in [-0.39, 0.29) is 6.61 Å². The van der Waals surface area contributed by atoms with Gasteiger partial charge in [-0.15, -0.1) is 0 Å². The van der Waals surface area contributed by atoms with Gasteiger partial charge in [0, 0.05) is 0 Å². The maximum absolute atomic E-state index is 12.1. The Bertz CT molecular complexity index is 108. The van der Waals surface area contributed by atoms with Crippen LogP contribution < -0.4 is 0 Å². The van der Waals surface area contributed by atoms with Gasteiger partial charge in [0.2, 0.25) is 0 Å². The molecule has 0 amide bonds. The smallest absolute Gasteiger partial charge is 0.317 e. The van der Waals surface area contributed by atoms with E-state index >= 15 is 0 Å². The highest BCUT2D eigenvalue weighted by molar-refractivity contribution is 6.20. The predicted octanol–water partition coefficient (Wildman–Crippen LogP) is 2.93. The molecule has 0 N–H and O–H groups in total. The highest BCUT2D eigenvalue weighted by Gasteiger charge is 2.39. The van der Waals surface area contributed by atoms with E-state index in [2.05, 4.69) is 16.3 Å². The Labute approximate surface area is 68.5 Å². The molecule has 0 bridgehead atoms. The van der Waals surface area contributed by atoms with Gasteiger partial charge < -0.3 is 4.74 Å². The monoisotopic (exact) mass is 190 g/mol. The first-order chi connectivity index (χ1) is 5.00. The molecule has 0 aromatic carbocycles. The van der Waals surface area contributed by atoms with E-state index in [1.807, 2.05) is 6.92 Å². The van der Waals surface area contributed by atoms with Crippen molar-refractivity contribution >= 4 is 11.6 Å². The lowest BCUT2D eigenvalue weighted by atomic mass is 10.4. The third-order valence-corrected chi connectivity index (χ3v) is 1.30. The summed E-state index contributed by atoms with van der Waals surface area (Å²) in [5.41, 5.74) is -2.76. The minimum absolute atomic E-state index is 0.170. The van der Waals surface area contributed by atoms with Crippen LogP contribution in [0, 0.1) is 0 Å². The van der Waals surface area contributed by atoms with Gasteiger partial charge in [0.25, 0.3) is 5.63 Å². The van der Waals surface area contributed by atoms with Gasteiger partial charge >= 0.3 is 6.11 Å².